The summed E-state index contributed by atoms with van der Waals surface area (Å²) in [4.78, 5) is 11.7. The number of carbonyl (C=O) groups excluding carboxylic acids is 1. The van der Waals surface area contributed by atoms with Crippen molar-refractivity contribution in [3.8, 4) is 0 Å². The second kappa shape index (κ2) is 5.23. The fourth-order valence-corrected chi connectivity index (χ4v) is 1.83. The molecule has 0 bridgehead atoms. The summed E-state index contributed by atoms with van der Waals surface area (Å²) in [5.41, 5.74) is -0.530. The largest absolute Gasteiger partial charge is 0.379 e. The fraction of sp³-hybridized carbons (Fsp3) is 0.417. The molecule has 1 aliphatic rings. The van der Waals surface area contributed by atoms with Gasteiger partial charge in [-0.15, -0.1) is 0 Å². The SMILES string of the molecule is O=C(NC1CCCOC1)c1c(F)cccc1F. The van der Waals surface area contributed by atoms with Gasteiger partial charge in [-0.2, -0.15) is 0 Å². The smallest absolute Gasteiger partial charge is 0.257 e. The second-order valence-corrected chi connectivity index (χ2v) is 3.98. The molecule has 2 rings (SSSR count). The van der Waals surface area contributed by atoms with Crippen LogP contribution >= 0.6 is 0 Å². The molecule has 0 spiro atoms. The van der Waals surface area contributed by atoms with Gasteiger partial charge in [-0.3, -0.25) is 4.79 Å². The molecule has 0 aliphatic carbocycles. The molecule has 3 nitrogen and oxygen atoms in total. The zero-order valence-electron chi connectivity index (χ0n) is 9.21. The quantitative estimate of drug-likeness (QED) is 0.858. The fourth-order valence-electron chi connectivity index (χ4n) is 1.83. The minimum Gasteiger partial charge on any atom is -0.379 e. The minimum atomic E-state index is -0.848. The molecule has 1 amide bonds. The molecular weight excluding hydrogens is 228 g/mol. The van der Waals surface area contributed by atoms with Gasteiger partial charge in [0.1, 0.15) is 17.2 Å². The zero-order valence-corrected chi connectivity index (χ0v) is 9.21. The first kappa shape index (κ1) is 12.0. The van der Waals surface area contributed by atoms with E-state index in [4.69, 9.17) is 4.74 Å². The summed E-state index contributed by atoms with van der Waals surface area (Å²) in [6.45, 7) is 1.06. The van der Waals surface area contributed by atoms with Gasteiger partial charge in [-0.05, 0) is 25.0 Å². The van der Waals surface area contributed by atoms with E-state index in [1.54, 1.807) is 0 Å². The number of hydrogen-bond donors (Lipinski definition) is 1. The van der Waals surface area contributed by atoms with E-state index < -0.39 is 23.1 Å². The van der Waals surface area contributed by atoms with Crippen molar-refractivity contribution in [1.82, 2.24) is 5.32 Å². The molecule has 0 saturated carbocycles. The van der Waals surface area contributed by atoms with Crippen LogP contribution in [-0.4, -0.2) is 25.2 Å². The molecule has 0 aromatic heterocycles. The average molecular weight is 241 g/mol. The molecule has 1 aliphatic heterocycles. The molecular formula is C12H13F2NO2. The maximum Gasteiger partial charge on any atom is 0.257 e. The molecule has 1 atom stereocenters. The lowest BCUT2D eigenvalue weighted by molar-refractivity contribution is 0.0620. The lowest BCUT2D eigenvalue weighted by Crippen LogP contribution is -2.41. The van der Waals surface area contributed by atoms with Crippen molar-refractivity contribution in [2.24, 2.45) is 0 Å². The predicted molar refractivity (Wildman–Crippen MR) is 57.7 cm³/mol. The number of carbonyl (C=O) groups is 1. The van der Waals surface area contributed by atoms with E-state index in [0.29, 0.717) is 13.2 Å². The molecule has 1 aromatic carbocycles. The maximum atomic E-state index is 13.3. The third-order valence-electron chi connectivity index (χ3n) is 2.69. The van der Waals surface area contributed by atoms with Gasteiger partial charge in [0.25, 0.3) is 5.91 Å². The Kier molecular flexibility index (Phi) is 3.68. The first-order valence-corrected chi connectivity index (χ1v) is 5.51. The van der Waals surface area contributed by atoms with E-state index in [0.717, 1.165) is 25.0 Å². The number of halogens is 2. The van der Waals surface area contributed by atoms with Crippen molar-refractivity contribution in [3.63, 3.8) is 0 Å². The Bertz CT molecular complexity index is 397. The Morgan fingerprint density at radius 1 is 1.35 bits per heavy atom. The molecule has 1 fully saturated rings. The van der Waals surface area contributed by atoms with Crippen LogP contribution in [0.15, 0.2) is 18.2 Å². The number of rotatable bonds is 2. The van der Waals surface area contributed by atoms with Crippen LogP contribution in [0.4, 0.5) is 8.78 Å². The van der Waals surface area contributed by atoms with Crippen molar-refractivity contribution >= 4 is 5.91 Å². The zero-order chi connectivity index (χ0) is 12.3. The lowest BCUT2D eigenvalue weighted by Gasteiger charge is -2.23. The van der Waals surface area contributed by atoms with Gasteiger partial charge >= 0.3 is 0 Å². The Balaban J connectivity index is 2.08. The average Bonchev–Trinajstić information content (AvgIpc) is 2.30. The van der Waals surface area contributed by atoms with Crippen LogP contribution in [0.3, 0.4) is 0 Å². The third kappa shape index (κ3) is 2.79. The topological polar surface area (TPSA) is 38.3 Å². The molecule has 1 heterocycles. The summed E-state index contributed by atoms with van der Waals surface area (Å²) in [6.07, 6.45) is 1.60. The van der Waals surface area contributed by atoms with Crippen LogP contribution in [0.2, 0.25) is 0 Å². The van der Waals surface area contributed by atoms with Crippen LogP contribution in [0.5, 0.6) is 0 Å². The highest BCUT2D eigenvalue weighted by molar-refractivity contribution is 5.94. The summed E-state index contributed by atoms with van der Waals surface area (Å²) in [5, 5.41) is 2.57. The predicted octanol–water partition coefficient (Wildman–Crippen LogP) is 1.87. The van der Waals surface area contributed by atoms with Gasteiger partial charge in [0.2, 0.25) is 0 Å². The molecule has 1 N–H and O–H groups in total. The van der Waals surface area contributed by atoms with Crippen LogP contribution in [0.1, 0.15) is 23.2 Å². The van der Waals surface area contributed by atoms with E-state index in [2.05, 4.69) is 5.32 Å². The van der Waals surface area contributed by atoms with Crippen molar-refractivity contribution in [2.75, 3.05) is 13.2 Å². The molecule has 1 unspecified atom stereocenters. The van der Waals surface area contributed by atoms with Crippen LogP contribution in [0, 0.1) is 11.6 Å². The van der Waals surface area contributed by atoms with E-state index in [1.165, 1.54) is 6.07 Å². The van der Waals surface area contributed by atoms with E-state index in [1.807, 2.05) is 0 Å². The minimum absolute atomic E-state index is 0.171. The molecule has 92 valence electrons. The molecule has 1 saturated heterocycles. The Morgan fingerprint density at radius 2 is 2.06 bits per heavy atom. The van der Waals surface area contributed by atoms with Gasteiger partial charge in [0, 0.05) is 6.61 Å². The highest BCUT2D eigenvalue weighted by Gasteiger charge is 2.21. The molecule has 17 heavy (non-hydrogen) atoms. The Labute approximate surface area is 97.8 Å². The number of nitrogens with one attached hydrogen (secondary N) is 1. The van der Waals surface area contributed by atoms with Gasteiger partial charge in [-0.1, -0.05) is 6.07 Å². The summed E-state index contributed by atoms with van der Waals surface area (Å²) in [5.74, 6) is -2.42. The monoisotopic (exact) mass is 241 g/mol. The van der Waals surface area contributed by atoms with Crippen molar-refractivity contribution < 1.29 is 18.3 Å². The second-order valence-electron chi connectivity index (χ2n) is 3.98. The van der Waals surface area contributed by atoms with Gasteiger partial charge in [0.05, 0.1) is 12.6 Å². The van der Waals surface area contributed by atoms with Gasteiger partial charge in [0.15, 0.2) is 0 Å². The highest BCUT2D eigenvalue weighted by atomic mass is 19.1. The molecule has 5 heteroatoms. The number of ether oxygens (including phenoxy) is 1. The number of amides is 1. The van der Waals surface area contributed by atoms with Crippen molar-refractivity contribution in [1.29, 1.82) is 0 Å². The van der Waals surface area contributed by atoms with Gasteiger partial charge < -0.3 is 10.1 Å². The highest BCUT2D eigenvalue weighted by Crippen LogP contribution is 2.13. The van der Waals surface area contributed by atoms with Crippen LogP contribution < -0.4 is 5.32 Å². The van der Waals surface area contributed by atoms with Gasteiger partial charge in [-0.25, -0.2) is 8.78 Å². The van der Waals surface area contributed by atoms with Crippen LogP contribution in [-0.2, 0) is 4.74 Å². The lowest BCUT2D eigenvalue weighted by atomic mass is 10.1. The summed E-state index contributed by atoms with van der Waals surface area (Å²) >= 11 is 0. The normalized spacial score (nSPS) is 20.0. The summed E-state index contributed by atoms with van der Waals surface area (Å²) in [6, 6.07) is 3.19. The maximum absolute atomic E-state index is 13.3. The standard InChI is InChI=1S/C12H13F2NO2/c13-9-4-1-5-10(14)11(9)12(16)15-8-3-2-6-17-7-8/h1,4-5,8H,2-3,6-7H2,(H,15,16). The van der Waals surface area contributed by atoms with E-state index >= 15 is 0 Å². The summed E-state index contributed by atoms with van der Waals surface area (Å²) < 4.78 is 31.8. The van der Waals surface area contributed by atoms with E-state index in [9.17, 15) is 13.6 Å². The molecule has 1 aromatic rings. The third-order valence-corrected chi connectivity index (χ3v) is 2.69. The van der Waals surface area contributed by atoms with E-state index in [-0.39, 0.29) is 6.04 Å². The Morgan fingerprint density at radius 3 is 2.65 bits per heavy atom. The number of benzene rings is 1. The summed E-state index contributed by atoms with van der Waals surface area (Å²) in [7, 11) is 0. The first-order valence-electron chi connectivity index (χ1n) is 5.51. The first-order chi connectivity index (χ1) is 8.18. The molecule has 0 radical (unpaired) electrons. The van der Waals surface area contributed by atoms with Crippen molar-refractivity contribution in [2.45, 2.75) is 18.9 Å². The van der Waals surface area contributed by atoms with Crippen LogP contribution in [0.25, 0.3) is 0 Å². The Hall–Kier alpha value is -1.49. The number of hydrogen-bond acceptors (Lipinski definition) is 2. The van der Waals surface area contributed by atoms with Crippen molar-refractivity contribution in [3.05, 3.63) is 35.4 Å².